The molecule has 0 aliphatic carbocycles. The third-order valence-corrected chi connectivity index (χ3v) is 3.50. The predicted molar refractivity (Wildman–Crippen MR) is 68.0 cm³/mol. The summed E-state index contributed by atoms with van der Waals surface area (Å²) >= 11 is 0. The average molecular weight is 212 g/mol. The summed E-state index contributed by atoms with van der Waals surface area (Å²) in [4.78, 5) is 0. The number of rotatable bonds is 6. The van der Waals surface area contributed by atoms with E-state index in [1.54, 1.807) is 0 Å². The van der Waals surface area contributed by atoms with Crippen molar-refractivity contribution < 1.29 is 5.11 Å². The Labute approximate surface area is 95.6 Å². The van der Waals surface area contributed by atoms with Gasteiger partial charge in [-0.25, -0.2) is 0 Å². The Bertz CT molecular complexity index is 207. The van der Waals surface area contributed by atoms with E-state index in [0.29, 0.717) is 0 Å². The van der Waals surface area contributed by atoms with Crippen LogP contribution < -0.4 is 0 Å². The molecule has 0 aliphatic rings. The average Bonchev–Trinajstić information content (AvgIpc) is 2.11. The second kappa shape index (κ2) is 5.69. The Morgan fingerprint density at radius 1 is 1.20 bits per heavy atom. The number of aliphatic hydroxyl groups is 1. The van der Waals surface area contributed by atoms with Crippen LogP contribution in [0.25, 0.3) is 0 Å². The molecular formula is C14H28O. The molecule has 1 atom stereocenters. The molecule has 0 aromatic rings. The van der Waals surface area contributed by atoms with Gasteiger partial charge in [-0.05, 0) is 39.0 Å². The fourth-order valence-electron chi connectivity index (χ4n) is 1.54. The molecule has 1 N–H and O–H groups in total. The summed E-state index contributed by atoms with van der Waals surface area (Å²) in [7, 11) is 0. The first-order valence-electron chi connectivity index (χ1n) is 6.08. The van der Waals surface area contributed by atoms with E-state index in [4.69, 9.17) is 0 Å². The Morgan fingerprint density at radius 2 is 1.73 bits per heavy atom. The van der Waals surface area contributed by atoms with E-state index in [-0.39, 0.29) is 5.41 Å². The first kappa shape index (κ1) is 14.7. The molecule has 0 amide bonds. The fourth-order valence-corrected chi connectivity index (χ4v) is 1.54. The Morgan fingerprint density at radius 3 is 2.13 bits per heavy atom. The predicted octanol–water partition coefficient (Wildman–Crippen LogP) is 4.31. The van der Waals surface area contributed by atoms with Gasteiger partial charge in [-0.3, -0.25) is 0 Å². The van der Waals surface area contributed by atoms with Gasteiger partial charge in [0.05, 0.1) is 5.60 Å². The van der Waals surface area contributed by atoms with Crippen LogP contribution in [0.3, 0.4) is 0 Å². The minimum atomic E-state index is -0.561. The van der Waals surface area contributed by atoms with Crippen molar-refractivity contribution in [1.82, 2.24) is 0 Å². The van der Waals surface area contributed by atoms with Gasteiger partial charge < -0.3 is 5.11 Å². The van der Waals surface area contributed by atoms with Crippen LogP contribution in [0, 0.1) is 5.41 Å². The highest BCUT2D eigenvalue weighted by atomic mass is 16.3. The summed E-state index contributed by atoms with van der Waals surface area (Å²) in [5.74, 6) is 0. The van der Waals surface area contributed by atoms with E-state index < -0.39 is 5.60 Å². The van der Waals surface area contributed by atoms with E-state index in [1.807, 2.05) is 6.92 Å². The topological polar surface area (TPSA) is 20.2 Å². The van der Waals surface area contributed by atoms with Crippen molar-refractivity contribution in [2.75, 3.05) is 0 Å². The lowest BCUT2D eigenvalue weighted by molar-refractivity contribution is -0.0577. The van der Waals surface area contributed by atoms with E-state index in [0.717, 1.165) is 25.7 Å². The van der Waals surface area contributed by atoms with Crippen LogP contribution in [-0.2, 0) is 0 Å². The zero-order valence-electron chi connectivity index (χ0n) is 11.4. The molecule has 0 saturated heterocycles. The first-order valence-corrected chi connectivity index (χ1v) is 6.08. The molecule has 0 spiro atoms. The molecule has 0 aromatic heterocycles. The first-order chi connectivity index (χ1) is 6.73. The number of unbranched alkanes of at least 4 members (excludes halogenated alkanes) is 1. The molecule has 0 radical (unpaired) electrons. The van der Waals surface area contributed by atoms with Gasteiger partial charge in [0.15, 0.2) is 0 Å². The van der Waals surface area contributed by atoms with Crippen LogP contribution in [0.2, 0.25) is 0 Å². The smallest absolute Gasteiger partial charge is 0.0673 e. The van der Waals surface area contributed by atoms with Crippen LogP contribution in [0.5, 0.6) is 0 Å². The molecule has 0 fully saturated rings. The van der Waals surface area contributed by atoms with E-state index >= 15 is 0 Å². The molecule has 1 unspecified atom stereocenters. The molecule has 0 aliphatic heterocycles. The molecule has 1 heteroatoms. The molecule has 0 bridgehead atoms. The highest BCUT2D eigenvalue weighted by Crippen LogP contribution is 2.38. The van der Waals surface area contributed by atoms with Crippen LogP contribution in [0.4, 0.5) is 0 Å². The lowest BCUT2D eigenvalue weighted by Gasteiger charge is -2.40. The van der Waals surface area contributed by atoms with Crippen LogP contribution >= 0.6 is 0 Å². The summed E-state index contributed by atoms with van der Waals surface area (Å²) < 4.78 is 0. The molecular weight excluding hydrogens is 184 g/mol. The minimum Gasteiger partial charge on any atom is -0.390 e. The van der Waals surface area contributed by atoms with Gasteiger partial charge in [0, 0.05) is 0 Å². The fraction of sp³-hybridized carbons (Fsp3) is 0.857. The van der Waals surface area contributed by atoms with E-state index in [1.165, 1.54) is 5.57 Å². The second-order valence-corrected chi connectivity index (χ2v) is 5.75. The normalized spacial score (nSPS) is 15.9. The van der Waals surface area contributed by atoms with Gasteiger partial charge in [0.2, 0.25) is 0 Å². The van der Waals surface area contributed by atoms with Crippen molar-refractivity contribution in [3.8, 4) is 0 Å². The van der Waals surface area contributed by atoms with Crippen molar-refractivity contribution >= 4 is 0 Å². The van der Waals surface area contributed by atoms with Crippen LogP contribution in [0.1, 0.15) is 67.2 Å². The molecule has 90 valence electrons. The van der Waals surface area contributed by atoms with Crippen molar-refractivity contribution in [2.24, 2.45) is 5.41 Å². The van der Waals surface area contributed by atoms with Gasteiger partial charge in [0.1, 0.15) is 0 Å². The Kier molecular flexibility index (Phi) is 5.58. The SMILES string of the molecule is CCCCC(C)(O)C(C)(C)CC=C(C)C. The van der Waals surface area contributed by atoms with E-state index in [9.17, 15) is 5.11 Å². The lowest BCUT2D eigenvalue weighted by Crippen LogP contribution is -2.41. The summed E-state index contributed by atoms with van der Waals surface area (Å²) in [6, 6.07) is 0. The summed E-state index contributed by atoms with van der Waals surface area (Å²) in [5, 5.41) is 10.5. The maximum absolute atomic E-state index is 10.5. The molecule has 0 saturated carbocycles. The molecule has 1 nitrogen and oxygen atoms in total. The van der Waals surface area contributed by atoms with Gasteiger partial charge in [-0.1, -0.05) is 45.3 Å². The monoisotopic (exact) mass is 212 g/mol. The summed E-state index contributed by atoms with van der Waals surface area (Å²) in [6.45, 7) is 12.7. The highest BCUT2D eigenvalue weighted by Gasteiger charge is 2.37. The third kappa shape index (κ3) is 4.83. The second-order valence-electron chi connectivity index (χ2n) is 5.75. The standard InChI is InChI=1S/C14H28O/c1-7-8-10-14(6,15)13(4,5)11-9-12(2)3/h9,15H,7-8,10-11H2,1-6H3. The quantitative estimate of drug-likeness (QED) is 0.650. The molecule has 0 aromatic carbocycles. The number of hydrogen-bond donors (Lipinski definition) is 1. The molecule has 0 rings (SSSR count). The lowest BCUT2D eigenvalue weighted by atomic mass is 9.71. The zero-order chi connectivity index (χ0) is 12.1. The van der Waals surface area contributed by atoms with Gasteiger partial charge >= 0.3 is 0 Å². The van der Waals surface area contributed by atoms with Crippen molar-refractivity contribution in [1.29, 1.82) is 0 Å². The summed E-state index contributed by atoms with van der Waals surface area (Å²) in [6.07, 6.45) is 6.32. The maximum Gasteiger partial charge on any atom is 0.0673 e. The van der Waals surface area contributed by atoms with Crippen molar-refractivity contribution in [3.63, 3.8) is 0 Å². The van der Waals surface area contributed by atoms with E-state index in [2.05, 4.69) is 40.7 Å². The number of allylic oxidation sites excluding steroid dienone is 2. The Balaban J connectivity index is 4.46. The highest BCUT2D eigenvalue weighted by molar-refractivity contribution is 5.00. The van der Waals surface area contributed by atoms with Crippen LogP contribution in [0.15, 0.2) is 11.6 Å². The van der Waals surface area contributed by atoms with Crippen molar-refractivity contribution in [3.05, 3.63) is 11.6 Å². The third-order valence-electron chi connectivity index (χ3n) is 3.50. The van der Waals surface area contributed by atoms with Gasteiger partial charge in [-0.15, -0.1) is 0 Å². The maximum atomic E-state index is 10.5. The zero-order valence-corrected chi connectivity index (χ0v) is 11.4. The largest absolute Gasteiger partial charge is 0.390 e. The van der Waals surface area contributed by atoms with Crippen LogP contribution in [-0.4, -0.2) is 10.7 Å². The molecule has 0 heterocycles. The van der Waals surface area contributed by atoms with Crippen molar-refractivity contribution in [2.45, 2.75) is 72.8 Å². The van der Waals surface area contributed by atoms with Gasteiger partial charge in [-0.2, -0.15) is 0 Å². The van der Waals surface area contributed by atoms with Gasteiger partial charge in [0.25, 0.3) is 0 Å². The number of hydrogen-bond acceptors (Lipinski definition) is 1. The molecule has 15 heavy (non-hydrogen) atoms. The summed E-state index contributed by atoms with van der Waals surface area (Å²) in [5.41, 5.74) is 0.725. The minimum absolute atomic E-state index is 0.0422. The Hall–Kier alpha value is -0.300.